The van der Waals surface area contributed by atoms with E-state index in [0.29, 0.717) is 5.92 Å². The maximum atomic E-state index is 6.13. The Morgan fingerprint density at radius 3 is 2.10 bits per heavy atom. The third kappa shape index (κ3) is 2.85. The first-order valence-electron chi connectivity index (χ1n) is 8.22. The van der Waals surface area contributed by atoms with Crippen molar-refractivity contribution in [3.63, 3.8) is 0 Å². The van der Waals surface area contributed by atoms with Crippen LogP contribution in [0.3, 0.4) is 0 Å². The first-order valence-corrected chi connectivity index (χ1v) is 8.22. The fraction of sp³-hybridized carbons (Fsp3) is 0.789. The zero-order chi connectivity index (χ0) is 16.1. The van der Waals surface area contributed by atoms with Gasteiger partial charge in [0.25, 0.3) is 0 Å². The number of rotatable bonds is 3. The minimum atomic E-state index is -0.548. The van der Waals surface area contributed by atoms with E-state index in [4.69, 9.17) is 9.47 Å². The third-order valence-electron chi connectivity index (χ3n) is 6.02. The van der Waals surface area contributed by atoms with Crippen LogP contribution < -0.4 is 0 Å². The van der Waals surface area contributed by atoms with Gasteiger partial charge in [0.05, 0.1) is 12.2 Å². The van der Waals surface area contributed by atoms with Gasteiger partial charge in [0.2, 0.25) is 0 Å². The van der Waals surface area contributed by atoms with Gasteiger partial charge < -0.3 is 9.47 Å². The molecule has 3 atom stereocenters. The van der Waals surface area contributed by atoms with Crippen molar-refractivity contribution < 1.29 is 9.47 Å². The highest BCUT2D eigenvalue weighted by Gasteiger charge is 2.50. The van der Waals surface area contributed by atoms with Gasteiger partial charge >= 0.3 is 0 Å². The van der Waals surface area contributed by atoms with Crippen LogP contribution in [0.4, 0.5) is 0 Å². The maximum Gasteiger partial charge on any atom is 0.174 e. The summed E-state index contributed by atoms with van der Waals surface area (Å²) < 4.78 is 12.3. The van der Waals surface area contributed by atoms with E-state index in [1.165, 1.54) is 5.57 Å². The molecule has 0 spiro atoms. The SMILES string of the molecule is CC1=CCC(C=CC(C)(C)C2(C)OC(C)C(C)O2)C1(C)C. The standard InChI is InChI=1S/C19H32O2/c1-13-9-10-16(18(13,6)7)11-12-17(4,5)19(8)20-14(2)15(3)21-19/h9,11-12,14-16H,10H2,1-8H3. The molecule has 1 saturated heterocycles. The van der Waals surface area contributed by atoms with Gasteiger partial charge in [0.15, 0.2) is 5.79 Å². The molecule has 0 N–H and O–H groups in total. The van der Waals surface area contributed by atoms with Crippen molar-refractivity contribution in [2.24, 2.45) is 16.7 Å². The smallest absolute Gasteiger partial charge is 0.174 e. The van der Waals surface area contributed by atoms with E-state index in [1.807, 2.05) is 0 Å². The molecule has 2 nitrogen and oxygen atoms in total. The molecule has 1 fully saturated rings. The lowest BCUT2D eigenvalue weighted by molar-refractivity contribution is -0.212. The second-order valence-electron chi connectivity index (χ2n) is 8.12. The molecule has 1 heterocycles. The van der Waals surface area contributed by atoms with Crippen molar-refractivity contribution in [3.05, 3.63) is 23.8 Å². The van der Waals surface area contributed by atoms with Crippen LogP contribution in [0.25, 0.3) is 0 Å². The van der Waals surface area contributed by atoms with Crippen LogP contribution in [0.2, 0.25) is 0 Å². The zero-order valence-electron chi connectivity index (χ0n) is 15.0. The molecule has 0 aromatic rings. The summed E-state index contributed by atoms with van der Waals surface area (Å²) in [6.07, 6.45) is 8.48. The Bertz CT molecular complexity index is 446. The molecular weight excluding hydrogens is 260 g/mol. The van der Waals surface area contributed by atoms with Gasteiger partial charge in [-0.15, -0.1) is 0 Å². The van der Waals surface area contributed by atoms with Gasteiger partial charge in [0, 0.05) is 5.41 Å². The Morgan fingerprint density at radius 2 is 1.67 bits per heavy atom. The first-order chi connectivity index (χ1) is 9.49. The molecule has 0 bridgehead atoms. The maximum absolute atomic E-state index is 6.13. The number of hydrogen-bond donors (Lipinski definition) is 0. The van der Waals surface area contributed by atoms with E-state index in [-0.39, 0.29) is 23.0 Å². The fourth-order valence-electron chi connectivity index (χ4n) is 3.21. The zero-order valence-corrected chi connectivity index (χ0v) is 15.0. The van der Waals surface area contributed by atoms with Crippen molar-refractivity contribution in [2.45, 2.75) is 79.8 Å². The van der Waals surface area contributed by atoms with E-state index in [2.05, 4.69) is 73.6 Å². The quantitative estimate of drug-likeness (QED) is 0.674. The van der Waals surface area contributed by atoms with Crippen LogP contribution in [-0.2, 0) is 9.47 Å². The van der Waals surface area contributed by atoms with E-state index in [1.54, 1.807) is 0 Å². The highest BCUT2D eigenvalue weighted by Crippen LogP contribution is 2.47. The van der Waals surface area contributed by atoms with E-state index in [9.17, 15) is 0 Å². The van der Waals surface area contributed by atoms with Crippen LogP contribution in [0.15, 0.2) is 23.8 Å². The Hall–Kier alpha value is -0.600. The van der Waals surface area contributed by atoms with Gasteiger partial charge in [-0.2, -0.15) is 0 Å². The lowest BCUT2D eigenvalue weighted by Crippen LogP contribution is -2.42. The van der Waals surface area contributed by atoms with Crippen molar-refractivity contribution in [3.8, 4) is 0 Å². The largest absolute Gasteiger partial charge is 0.344 e. The molecular formula is C19H32O2. The molecule has 2 rings (SSSR count). The highest BCUT2D eigenvalue weighted by molar-refractivity contribution is 5.23. The summed E-state index contributed by atoms with van der Waals surface area (Å²) in [5.41, 5.74) is 1.60. The van der Waals surface area contributed by atoms with Gasteiger partial charge in [-0.05, 0) is 45.4 Å². The number of hydrogen-bond acceptors (Lipinski definition) is 2. The van der Waals surface area contributed by atoms with Crippen LogP contribution in [-0.4, -0.2) is 18.0 Å². The molecule has 2 heteroatoms. The Morgan fingerprint density at radius 1 is 1.14 bits per heavy atom. The van der Waals surface area contributed by atoms with Crippen molar-refractivity contribution in [1.29, 1.82) is 0 Å². The van der Waals surface area contributed by atoms with Crippen LogP contribution in [0, 0.1) is 16.7 Å². The van der Waals surface area contributed by atoms with Gasteiger partial charge in [-0.3, -0.25) is 0 Å². The average molecular weight is 292 g/mol. The second-order valence-corrected chi connectivity index (χ2v) is 8.12. The molecule has 1 aliphatic heterocycles. The molecule has 1 aliphatic carbocycles. The van der Waals surface area contributed by atoms with Crippen LogP contribution >= 0.6 is 0 Å². The predicted molar refractivity (Wildman–Crippen MR) is 88.1 cm³/mol. The van der Waals surface area contributed by atoms with E-state index in [0.717, 1.165) is 6.42 Å². The summed E-state index contributed by atoms with van der Waals surface area (Å²) >= 11 is 0. The van der Waals surface area contributed by atoms with Crippen molar-refractivity contribution in [1.82, 2.24) is 0 Å². The van der Waals surface area contributed by atoms with Crippen LogP contribution in [0.5, 0.6) is 0 Å². The first kappa shape index (κ1) is 16.8. The Labute approximate surface area is 130 Å². The summed E-state index contributed by atoms with van der Waals surface area (Å²) in [6.45, 7) is 17.6. The minimum Gasteiger partial charge on any atom is -0.344 e. The molecule has 0 radical (unpaired) electrons. The fourth-order valence-corrected chi connectivity index (χ4v) is 3.21. The van der Waals surface area contributed by atoms with Crippen molar-refractivity contribution >= 4 is 0 Å². The Kier molecular flexibility index (Phi) is 4.18. The average Bonchev–Trinajstić information content (AvgIpc) is 2.76. The summed E-state index contributed by atoms with van der Waals surface area (Å²) in [6, 6.07) is 0. The summed E-state index contributed by atoms with van der Waals surface area (Å²) in [5, 5.41) is 0. The summed E-state index contributed by atoms with van der Waals surface area (Å²) in [5.74, 6) is 0.0183. The molecule has 21 heavy (non-hydrogen) atoms. The van der Waals surface area contributed by atoms with Crippen LogP contribution in [0.1, 0.15) is 61.8 Å². The van der Waals surface area contributed by atoms with Gasteiger partial charge in [0.1, 0.15) is 0 Å². The highest BCUT2D eigenvalue weighted by atomic mass is 16.8. The molecule has 0 aromatic heterocycles. The third-order valence-corrected chi connectivity index (χ3v) is 6.02. The molecule has 120 valence electrons. The monoisotopic (exact) mass is 292 g/mol. The summed E-state index contributed by atoms with van der Waals surface area (Å²) in [7, 11) is 0. The predicted octanol–water partition coefficient (Wildman–Crippen LogP) is 5.10. The topological polar surface area (TPSA) is 18.5 Å². The van der Waals surface area contributed by atoms with Gasteiger partial charge in [-0.25, -0.2) is 0 Å². The lowest BCUT2D eigenvalue weighted by Gasteiger charge is -2.38. The Balaban J connectivity index is 2.13. The lowest BCUT2D eigenvalue weighted by atomic mass is 9.75. The number of ether oxygens (including phenoxy) is 2. The summed E-state index contributed by atoms with van der Waals surface area (Å²) in [4.78, 5) is 0. The number of allylic oxidation sites excluding steroid dienone is 3. The normalized spacial score (nSPS) is 40.0. The minimum absolute atomic E-state index is 0.148. The van der Waals surface area contributed by atoms with E-state index >= 15 is 0 Å². The molecule has 2 aliphatic rings. The molecule has 0 amide bonds. The van der Waals surface area contributed by atoms with E-state index < -0.39 is 5.79 Å². The van der Waals surface area contributed by atoms with Crippen molar-refractivity contribution in [2.75, 3.05) is 0 Å². The molecule has 3 unspecified atom stereocenters. The second kappa shape index (κ2) is 5.24. The molecule has 0 saturated carbocycles. The molecule has 0 aromatic carbocycles. The van der Waals surface area contributed by atoms with Gasteiger partial charge in [-0.1, -0.05) is 51.5 Å².